The Hall–Kier alpha value is -0.0400. The highest BCUT2D eigenvalue weighted by molar-refractivity contribution is 14.0. The summed E-state index contributed by atoms with van der Waals surface area (Å²) in [6.07, 6.45) is 9.39. The molecular formula is C14H29IN4. The van der Waals surface area contributed by atoms with Gasteiger partial charge in [-0.25, -0.2) is 0 Å². The molecule has 1 saturated heterocycles. The second-order valence-corrected chi connectivity index (χ2v) is 5.71. The molecule has 4 nitrogen and oxygen atoms in total. The van der Waals surface area contributed by atoms with Crippen LogP contribution in [0.1, 0.15) is 44.9 Å². The molecule has 2 fully saturated rings. The number of hydrogen-bond acceptors (Lipinski definition) is 2. The Morgan fingerprint density at radius 2 is 1.79 bits per heavy atom. The average Bonchev–Trinajstić information content (AvgIpc) is 2.93. The van der Waals surface area contributed by atoms with Gasteiger partial charge in [-0.1, -0.05) is 12.8 Å². The summed E-state index contributed by atoms with van der Waals surface area (Å²) in [5.74, 6) is 0.759. The zero-order chi connectivity index (χ0) is 12.8. The first kappa shape index (κ1) is 17.0. The van der Waals surface area contributed by atoms with Crippen molar-refractivity contribution in [2.24, 2.45) is 10.7 Å². The van der Waals surface area contributed by atoms with Gasteiger partial charge in [-0.15, -0.1) is 24.0 Å². The highest BCUT2D eigenvalue weighted by Gasteiger charge is 2.19. The van der Waals surface area contributed by atoms with Crippen LogP contribution in [0.3, 0.4) is 0 Å². The van der Waals surface area contributed by atoms with Crippen molar-refractivity contribution < 1.29 is 0 Å². The lowest BCUT2D eigenvalue weighted by Crippen LogP contribution is -2.41. The van der Waals surface area contributed by atoms with E-state index in [2.05, 4.69) is 21.8 Å². The van der Waals surface area contributed by atoms with Crippen LogP contribution in [-0.4, -0.2) is 55.0 Å². The number of guanidine groups is 1. The van der Waals surface area contributed by atoms with E-state index < -0.39 is 0 Å². The Balaban J connectivity index is 0.00000180. The quantitative estimate of drug-likeness (QED) is 0.463. The fraction of sp³-hybridized carbons (Fsp3) is 0.929. The van der Waals surface area contributed by atoms with E-state index in [0.717, 1.165) is 38.2 Å². The van der Waals surface area contributed by atoms with E-state index in [9.17, 15) is 0 Å². The third kappa shape index (κ3) is 5.45. The van der Waals surface area contributed by atoms with E-state index in [-0.39, 0.29) is 24.0 Å². The Labute approximate surface area is 134 Å². The van der Waals surface area contributed by atoms with Gasteiger partial charge in [0.2, 0.25) is 0 Å². The van der Waals surface area contributed by atoms with Crippen molar-refractivity contribution in [3.05, 3.63) is 0 Å². The van der Waals surface area contributed by atoms with Crippen LogP contribution < -0.4 is 5.73 Å². The molecule has 2 aliphatic rings. The van der Waals surface area contributed by atoms with Crippen molar-refractivity contribution in [1.82, 2.24) is 9.80 Å². The number of nitrogens with two attached hydrogens (primary N) is 1. The van der Waals surface area contributed by atoms with Gasteiger partial charge in [0.1, 0.15) is 0 Å². The summed E-state index contributed by atoms with van der Waals surface area (Å²) in [6, 6.07) is 0.788. The second-order valence-electron chi connectivity index (χ2n) is 5.71. The summed E-state index contributed by atoms with van der Waals surface area (Å²) in [4.78, 5) is 9.23. The number of nitrogens with zero attached hydrogens (tertiary/aromatic N) is 3. The van der Waals surface area contributed by atoms with E-state index in [1.54, 1.807) is 0 Å². The molecule has 0 aromatic carbocycles. The molecule has 0 amide bonds. The van der Waals surface area contributed by atoms with Crippen LogP contribution in [0.4, 0.5) is 0 Å². The summed E-state index contributed by atoms with van der Waals surface area (Å²) in [5, 5.41) is 0. The van der Waals surface area contributed by atoms with E-state index >= 15 is 0 Å². The SMILES string of the molecule is CN(CCN=C(N)N1CCCCC1)C1CCCC1.I. The number of piperidine rings is 1. The molecule has 0 radical (unpaired) electrons. The molecule has 0 spiro atoms. The van der Waals surface area contributed by atoms with Gasteiger partial charge < -0.3 is 15.5 Å². The van der Waals surface area contributed by atoms with Crippen molar-refractivity contribution in [1.29, 1.82) is 0 Å². The lowest BCUT2D eigenvalue weighted by atomic mass is 10.1. The molecule has 2 rings (SSSR count). The smallest absolute Gasteiger partial charge is 0.191 e. The Morgan fingerprint density at radius 1 is 1.16 bits per heavy atom. The first-order chi connectivity index (χ1) is 8.77. The lowest BCUT2D eigenvalue weighted by Gasteiger charge is -2.28. The minimum atomic E-state index is 0. The molecule has 5 heteroatoms. The minimum Gasteiger partial charge on any atom is -0.370 e. The topological polar surface area (TPSA) is 44.9 Å². The van der Waals surface area contributed by atoms with Crippen LogP contribution in [0.25, 0.3) is 0 Å². The molecule has 112 valence electrons. The first-order valence-corrected chi connectivity index (χ1v) is 7.52. The number of likely N-dealkylation sites (tertiary alicyclic amines) is 1. The van der Waals surface area contributed by atoms with E-state index in [1.165, 1.54) is 44.9 Å². The molecule has 0 unspecified atom stereocenters. The predicted octanol–water partition coefficient (Wildman–Crippen LogP) is 2.28. The molecule has 0 aromatic heterocycles. The minimum absolute atomic E-state index is 0. The number of aliphatic imine (C=N–C) groups is 1. The van der Waals surface area contributed by atoms with Crippen LogP contribution in [-0.2, 0) is 0 Å². The molecule has 1 heterocycles. The maximum atomic E-state index is 6.05. The normalized spacial score (nSPS) is 21.8. The molecule has 2 N–H and O–H groups in total. The zero-order valence-electron chi connectivity index (χ0n) is 12.2. The Morgan fingerprint density at radius 3 is 2.42 bits per heavy atom. The number of hydrogen-bond donors (Lipinski definition) is 1. The number of rotatable bonds is 4. The van der Waals surface area contributed by atoms with Crippen LogP contribution in [0, 0.1) is 0 Å². The highest BCUT2D eigenvalue weighted by Crippen LogP contribution is 2.21. The van der Waals surface area contributed by atoms with Crippen LogP contribution in [0.15, 0.2) is 4.99 Å². The summed E-state index contributed by atoms with van der Waals surface area (Å²) in [6.45, 7) is 4.07. The Kier molecular flexibility index (Phi) is 8.06. The van der Waals surface area contributed by atoms with Crippen molar-refractivity contribution >= 4 is 29.9 Å². The van der Waals surface area contributed by atoms with Crippen molar-refractivity contribution in [3.8, 4) is 0 Å². The molecule has 1 saturated carbocycles. The maximum absolute atomic E-state index is 6.05. The van der Waals surface area contributed by atoms with Gasteiger partial charge in [-0.2, -0.15) is 0 Å². The van der Waals surface area contributed by atoms with Crippen molar-refractivity contribution in [2.75, 3.05) is 33.2 Å². The van der Waals surface area contributed by atoms with Crippen LogP contribution in [0.5, 0.6) is 0 Å². The zero-order valence-corrected chi connectivity index (χ0v) is 14.5. The van der Waals surface area contributed by atoms with E-state index in [4.69, 9.17) is 5.73 Å². The van der Waals surface area contributed by atoms with Gasteiger partial charge in [0, 0.05) is 25.7 Å². The average molecular weight is 380 g/mol. The third-order valence-corrected chi connectivity index (χ3v) is 4.35. The maximum Gasteiger partial charge on any atom is 0.191 e. The predicted molar refractivity (Wildman–Crippen MR) is 92.2 cm³/mol. The van der Waals surface area contributed by atoms with Crippen LogP contribution >= 0.6 is 24.0 Å². The van der Waals surface area contributed by atoms with Gasteiger partial charge >= 0.3 is 0 Å². The van der Waals surface area contributed by atoms with Gasteiger partial charge in [0.15, 0.2) is 5.96 Å². The van der Waals surface area contributed by atoms with E-state index in [0.29, 0.717) is 0 Å². The molecule has 0 atom stereocenters. The molecule has 1 aliphatic carbocycles. The van der Waals surface area contributed by atoms with Crippen molar-refractivity contribution in [3.63, 3.8) is 0 Å². The largest absolute Gasteiger partial charge is 0.370 e. The first-order valence-electron chi connectivity index (χ1n) is 7.52. The number of likely N-dealkylation sites (N-methyl/N-ethyl adjacent to an activating group) is 1. The summed E-state index contributed by atoms with van der Waals surface area (Å²) >= 11 is 0. The Bertz CT molecular complexity index is 271. The number of halogens is 1. The summed E-state index contributed by atoms with van der Waals surface area (Å²) in [5.41, 5.74) is 6.05. The molecule has 1 aliphatic heterocycles. The lowest BCUT2D eigenvalue weighted by molar-refractivity contribution is 0.252. The monoisotopic (exact) mass is 380 g/mol. The molecule has 0 bridgehead atoms. The van der Waals surface area contributed by atoms with E-state index in [1.807, 2.05) is 0 Å². The fourth-order valence-corrected chi connectivity index (χ4v) is 3.07. The highest BCUT2D eigenvalue weighted by atomic mass is 127. The van der Waals surface area contributed by atoms with Gasteiger partial charge in [0.25, 0.3) is 0 Å². The fourth-order valence-electron chi connectivity index (χ4n) is 3.07. The standard InChI is InChI=1S/C14H28N4.HI/c1-17(13-7-3-4-8-13)12-9-16-14(15)18-10-5-2-6-11-18;/h13H,2-12H2,1H3,(H2,15,16);1H. The molecule has 0 aromatic rings. The summed E-state index contributed by atoms with van der Waals surface area (Å²) < 4.78 is 0. The molecular weight excluding hydrogens is 351 g/mol. The van der Waals surface area contributed by atoms with Gasteiger partial charge in [-0.3, -0.25) is 4.99 Å². The third-order valence-electron chi connectivity index (χ3n) is 4.35. The second kappa shape index (κ2) is 9.00. The van der Waals surface area contributed by atoms with Crippen LogP contribution in [0.2, 0.25) is 0 Å². The summed E-state index contributed by atoms with van der Waals surface area (Å²) in [7, 11) is 2.22. The van der Waals surface area contributed by atoms with Crippen molar-refractivity contribution in [2.45, 2.75) is 51.0 Å². The van der Waals surface area contributed by atoms with Gasteiger partial charge in [0.05, 0.1) is 6.54 Å². The van der Waals surface area contributed by atoms with Gasteiger partial charge in [-0.05, 0) is 39.2 Å². The molecule has 19 heavy (non-hydrogen) atoms.